The summed E-state index contributed by atoms with van der Waals surface area (Å²) in [5, 5.41) is 14.4. The van der Waals surface area contributed by atoms with E-state index in [0.717, 1.165) is 35.7 Å². The van der Waals surface area contributed by atoms with Gasteiger partial charge in [0.1, 0.15) is 0 Å². The zero-order valence-corrected chi connectivity index (χ0v) is 10.5. The summed E-state index contributed by atoms with van der Waals surface area (Å²) in [4.78, 5) is 0. The lowest BCUT2D eigenvalue weighted by molar-refractivity contribution is 0.266. The third-order valence-electron chi connectivity index (χ3n) is 3.45. The minimum absolute atomic E-state index is 0.0859. The molecule has 2 atom stereocenters. The quantitative estimate of drug-likeness (QED) is 0.751. The maximum Gasteiger partial charge on any atom is 0.0844 e. The first-order valence-corrected chi connectivity index (χ1v) is 6.13. The molecule has 3 nitrogen and oxygen atoms in total. The molecule has 2 unspecified atom stereocenters. The monoisotopic (exact) mass is 237 g/mol. The van der Waals surface area contributed by atoms with Gasteiger partial charge in [-0.3, -0.25) is 4.68 Å². The van der Waals surface area contributed by atoms with Crippen LogP contribution in [0.4, 0.5) is 0 Å². The van der Waals surface area contributed by atoms with Crippen LogP contribution in [0.25, 0.3) is 0 Å². The van der Waals surface area contributed by atoms with Crippen LogP contribution in [0.5, 0.6) is 0 Å². The van der Waals surface area contributed by atoms with Crippen molar-refractivity contribution in [2.75, 3.05) is 0 Å². The first kappa shape index (κ1) is 11.5. The fraction of sp³-hybridized carbons (Fsp3) is 0.667. The van der Waals surface area contributed by atoms with Crippen molar-refractivity contribution in [3.05, 3.63) is 16.4 Å². The first-order chi connectivity index (χ1) is 7.65. The van der Waals surface area contributed by atoms with Crippen LogP contribution in [-0.2, 0) is 0 Å². The van der Waals surface area contributed by atoms with Gasteiger partial charge in [0.2, 0.25) is 0 Å². The fourth-order valence-corrected chi connectivity index (χ4v) is 2.64. The van der Waals surface area contributed by atoms with Gasteiger partial charge in [-0.1, -0.05) is 24.4 Å². The number of aromatic nitrogens is 2. The smallest absolute Gasteiger partial charge is 0.0844 e. The molecule has 1 fully saturated rings. The van der Waals surface area contributed by atoms with Crippen LogP contribution in [0.2, 0.25) is 5.02 Å². The van der Waals surface area contributed by atoms with E-state index < -0.39 is 0 Å². The van der Waals surface area contributed by atoms with Crippen molar-refractivity contribution >= 4 is 11.6 Å². The molecular formula is C12H16ClN3. The third-order valence-corrected chi connectivity index (χ3v) is 3.99. The highest BCUT2D eigenvalue weighted by Gasteiger charge is 2.29. The molecular weight excluding hydrogens is 222 g/mol. The Morgan fingerprint density at radius 2 is 2.06 bits per heavy atom. The molecule has 1 heterocycles. The van der Waals surface area contributed by atoms with Gasteiger partial charge in [-0.05, 0) is 26.7 Å². The summed E-state index contributed by atoms with van der Waals surface area (Å²) >= 11 is 6.14. The molecule has 0 aromatic carbocycles. The maximum atomic E-state index is 9.17. The molecule has 0 amide bonds. The van der Waals surface area contributed by atoms with E-state index in [9.17, 15) is 0 Å². The number of nitrogens with zero attached hydrogens (tertiary/aromatic N) is 3. The minimum atomic E-state index is 0.0859. The van der Waals surface area contributed by atoms with E-state index in [1.54, 1.807) is 0 Å². The molecule has 0 spiro atoms. The molecule has 1 aliphatic rings. The van der Waals surface area contributed by atoms with Gasteiger partial charge in [0.25, 0.3) is 0 Å². The Hall–Kier alpha value is -1.01. The molecule has 4 heteroatoms. The summed E-state index contributed by atoms with van der Waals surface area (Å²) in [5.74, 6) is 0.0859. The van der Waals surface area contributed by atoms with E-state index in [1.165, 1.54) is 6.42 Å². The predicted octanol–water partition coefficient (Wildman–Crippen LogP) is 3.41. The van der Waals surface area contributed by atoms with Crippen LogP contribution < -0.4 is 0 Å². The molecule has 2 rings (SSSR count). The first-order valence-electron chi connectivity index (χ1n) is 5.76. The number of halogens is 1. The molecule has 1 aliphatic carbocycles. The highest BCUT2D eigenvalue weighted by molar-refractivity contribution is 6.31. The normalized spacial score (nSPS) is 25.4. The highest BCUT2D eigenvalue weighted by Crippen LogP contribution is 2.35. The van der Waals surface area contributed by atoms with Gasteiger partial charge >= 0.3 is 0 Å². The van der Waals surface area contributed by atoms with E-state index in [2.05, 4.69) is 11.2 Å². The Balaban J connectivity index is 2.35. The van der Waals surface area contributed by atoms with E-state index in [1.807, 2.05) is 18.5 Å². The Morgan fingerprint density at radius 3 is 2.62 bits per heavy atom. The van der Waals surface area contributed by atoms with Crippen molar-refractivity contribution in [2.24, 2.45) is 5.92 Å². The van der Waals surface area contributed by atoms with Crippen molar-refractivity contribution in [3.8, 4) is 6.07 Å². The summed E-state index contributed by atoms with van der Waals surface area (Å²) in [6, 6.07) is 2.62. The Morgan fingerprint density at radius 1 is 1.38 bits per heavy atom. The number of hydrogen-bond acceptors (Lipinski definition) is 2. The average Bonchev–Trinajstić information content (AvgIpc) is 2.57. The largest absolute Gasteiger partial charge is 0.264 e. The molecule has 0 radical (unpaired) electrons. The second-order valence-corrected chi connectivity index (χ2v) is 4.89. The summed E-state index contributed by atoms with van der Waals surface area (Å²) in [7, 11) is 0. The van der Waals surface area contributed by atoms with Crippen LogP contribution in [-0.4, -0.2) is 9.78 Å². The molecule has 1 aromatic heterocycles. The molecule has 0 bridgehead atoms. The summed E-state index contributed by atoms with van der Waals surface area (Å²) in [6.07, 6.45) is 4.36. The van der Waals surface area contributed by atoms with Crippen LogP contribution in [0, 0.1) is 31.1 Å². The molecule has 0 aliphatic heterocycles. The number of nitriles is 1. The van der Waals surface area contributed by atoms with E-state index >= 15 is 0 Å². The molecule has 86 valence electrons. The summed E-state index contributed by atoms with van der Waals surface area (Å²) < 4.78 is 1.96. The van der Waals surface area contributed by atoms with E-state index in [0.29, 0.717) is 0 Å². The average molecular weight is 238 g/mol. The van der Waals surface area contributed by atoms with Gasteiger partial charge < -0.3 is 0 Å². The minimum Gasteiger partial charge on any atom is -0.264 e. The van der Waals surface area contributed by atoms with Gasteiger partial charge in [-0.25, -0.2) is 0 Å². The second-order valence-electron chi connectivity index (χ2n) is 4.52. The molecule has 1 aromatic rings. The van der Waals surface area contributed by atoms with E-state index in [-0.39, 0.29) is 12.0 Å². The third kappa shape index (κ3) is 1.82. The Labute approximate surface area is 101 Å². The second kappa shape index (κ2) is 4.47. The van der Waals surface area contributed by atoms with Crippen molar-refractivity contribution in [3.63, 3.8) is 0 Å². The standard InChI is InChI=1S/C12H16ClN3/c1-8-12(13)9(2)16(15-8)11-6-4-3-5-10(11)7-14/h10-11H,3-6H2,1-2H3. The van der Waals surface area contributed by atoms with Crippen molar-refractivity contribution < 1.29 is 0 Å². The van der Waals surface area contributed by atoms with Crippen LogP contribution in [0.1, 0.15) is 43.1 Å². The number of hydrogen-bond donors (Lipinski definition) is 0. The zero-order chi connectivity index (χ0) is 11.7. The summed E-state index contributed by atoms with van der Waals surface area (Å²) in [6.45, 7) is 3.89. The van der Waals surface area contributed by atoms with Crippen LogP contribution in [0.3, 0.4) is 0 Å². The highest BCUT2D eigenvalue weighted by atomic mass is 35.5. The van der Waals surface area contributed by atoms with Crippen LogP contribution in [0.15, 0.2) is 0 Å². The SMILES string of the molecule is Cc1nn(C2CCCCC2C#N)c(C)c1Cl. The topological polar surface area (TPSA) is 41.6 Å². The molecule has 16 heavy (non-hydrogen) atoms. The lowest BCUT2D eigenvalue weighted by Crippen LogP contribution is -2.24. The lowest BCUT2D eigenvalue weighted by Gasteiger charge is -2.27. The van der Waals surface area contributed by atoms with Gasteiger partial charge in [0, 0.05) is 0 Å². The van der Waals surface area contributed by atoms with Gasteiger partial charge in [-0.15, -0.1) is 0 Å². The van der Waals surface area contributed by atoms with Crippen molar-refractivity contribution in [2.45, 2.75) is 45.6 Å². The molecule has 0 saturated heterocycles. The van der Waals surface area contributed by atoms with Gasteiger partial charge in [-0.2, -0.15) is 10.4 Å². The lowest BCUT2D eigenvalue weighted by atomic mass is 9.85. The van der Waals surface area contributed by atoms with E-state index in [4.69, 9.17) is 16.9 Å². The predicted molar refractivity (Wildman–Crippen MR) is 63.3 cm³/mol. The molecule has 0 N–H and O–H groups in total. The van der Waals surface area contributed by atoms with Gasteiger partial charge in [0.05, 0.1) is 34.4 Å². The van der Waals surface area contributed by atoms with Gasteiger partial charge in [0.15, 0.2) is 0 Å². The summed E-state index contributed by atoms with van der Waals surface area (Å²) in [5.41, 5.74) is 1.85. The van der Waals surface area contributed by atoms with Crippen molar-refractivity contribution in [1.82, 2.24) is 9.78 Å². The fourth-order valence-electron chi connectivity index (χ4n) is 2.52. The number of rotatable bonds is 1. The van der Waals surface area contributed by atoms with Crippen molar-refractivity contribution in [1.29, 1.82) is 5.26 Å². The Bertz CT molecular complexity index is 430. The van der Waals surface area contributed by atoms with Crippen LogP contribution >= 0.6 is 11.6 Å². The Kier molecular flexibility index (Phi) is 3.20. The maximum absolute atomic E-state index is 9.17. The zero-order valence-electron chi connectivity index (χ0n) is 9.70. The molecule has 1 saturated carbocycles. The number of aryl methyl sites for hydroxylation is 1.